The Balaban J connectivity index is 2.51. The maximum atomic E-state index is 12.0. The quantitative estimate of drug-likeness (QED) is 0.752. The summed E-state index contributed by atoms with van der Waals surface area (Å²) in [5, 5.41) is 19.1. The van der Waals surface area contributed by atoms with E-state index >= 15 is 0 Å². The van der Waals surface area contributed by atoms with Crippen molar-refractivity contribution in [1.29, 1.82) is 0 Å². The van der Waals surface area contributed by atoms with Crippen LogP contribution < -0.4 is 10.6 Å². The molecule has 0 bridgehead atoms. The van der Waals surface area contributed by atoms with Crippen LogP contribution in [0.4, 0.5) is 4.79 Å². The summed E-state index contributed by atoms with van der Waals surface area (Å²) in [4.78, 5) is 12.0. The van der Waals surface area contributed by atoms with Crippen molar-refractivity contribution in [2.24, 2.45) is 5.41 Å². The van der Waals surface area contributed by atoms with Crippen molar-refractivity contribution >= 4 is 6.03 Å². The molecule has 0 saturated heterocycles. The van der Waals surface area contributed by atoms with Crippen LogP contribution in [0.15, 0.2) is 4.52 Å². The largest absolute Gasteiger partial charge is 0.393 e. The monoisotopic (exact) mass is 297 g/mol. The fraction of sp³-hybridized carbons (Fsp3) is 0.733. The van der Waals surface area contributed by atoms with E-state index in [0.717, 1.165) is 17.0 Å². The molecule has 1 rings (SSSR count). The number of aryl methyl sites for hydroxylation is 2. The fourth-order valence-corrected chi connectivity index (χ4v) is 2.62. The van der Waals surface area contributed by atoms with Crippen molar-refractivity contribution in [2.45, 2.75) is 60.1 Å². The number of carbonyl (C=O) groups is 1. The van der Waals surface area contributed by atoms with E-state index in [4.69, 9.17) is 4.52 Å². The van der Waals surface area contributed by atoms with E-state index in [-0.39, 0.29) is 23.6 Å². The summed E-state index contributed by atoms with van der Waals surface area (Å²) in [5.74, 6) is 0.717. The minimum absolute atomic E-state index is 0.155. The van der Waals surface area contributed by atoms with Crippen LogP contribution in [-0.4, -0.2) is 28.9 Å². The van der Waals surface area contributed by atoms with E-state index < -0.39 is 0 Å². The number of urea groups is 1. The van der Waals surface area contributed by atoms with Gasteiger partial charge in [-0.15, -0.1) is 0 Å². The molecule has 1 aromatic heterocycles. The van der Waals surface area contributed by atoms with Gasteiger partial charge in [0.25, 0.3) is 0 Å². The molecule has 21 heavy (non-hydrogen) atoms. The number of aliphatic hydroxyl groups is 1. The van der Waals surface area contributed by atoms with Crippen molar-refractivity contribution in [1.82, 2.24) is 15.8 Å². The Kier molecular flexibility index (Phi) is 5.78. The van der Waals surface area contributed by atoms with E-state index in [0.29, 0.717) is 13.0 Å². The number of nitrogens with zero attached hydrogens (tertiary/aromatic N) is 1. The number of carbonyl (C=O) groups excluding carboxylic acids is 1. The first kappa shape index (κ1) is 17.5. The molecule has 2 unspecified atom stereocenters. The topological polar surface area (TPSA) is 87.4 Å². The smallest absolute Gasteiger partial charge is 0.315 e. The average Bonchev–Trinajstić information content (AvgIpc) is 2.65. The van der Waals surface area contributed by atoms with Crippen LogP contribution in [0.3, 0.4) is 0 Å². The maximum absolute atomic E-state index is 12.0. The second kappa shape index (κ2) is 6.93. The number of hydrogen-bond donors (Lipinski definition) is 3. The van der Waals surface area contributed by atoms with E-state index in [1.54, 1.807) is 6.92 Å². The molecule has 2 atom stereocenters. The molecule has 3 N–H and O–H groups in total. The predicted octanol–water partition coefficient (Wildman–Crippen LogP) is 2.45. The van der Waals surface area contributed by atoms with Gasteiger partial charge in [0.1, 0.15) is 5.76 Å². The van der Waals surface area contributed by atoms with Crippen LogP contribution in [-0.2, 0) is 0 Å². The van der Waals surface area contributed by atoms with Gasteiger partial charge in [-0.2, -0.15) is 0 Å². The minimum atomic E-state index is -0.383. The van der Waals surface area contributed by atoms with Crippen molar-refractivity contribution < 1.29 is 14.4 Å². The van der Waals surface area contributed by atoms with Gasteiger partial charge in [-0.05, 0) is 39.5 Å². The molecule has 6 nitrogen and oxygen atoms in total. The molecule has 0 spiro atoms. The van der Waals surface area contributed by atoms with Gasteiger partial charge in [0.05, 0.1) is 17.8 Å². The molecule has 6 heteroatoms. The normalized spacial score (nSPS) is 14.6. The third-order valence-corrected chi connectivity index (χ3v) is 3.44. The van der Waals surface area contributed by atoms with Crippen LogP contribution in [0.1, 0.15) is 57.2 Å². The van der Waals surface area contributed by atoms with Crippen molar-refractivity contribution in [2.75, 3.05) is 6.54 Å². The van der Waals surface area contributed by atoms with Crippen LogP contribution in [0, 0.1) is 19.3 Å². The molecule has 0 aliphatic rings. The van der Waals surface area contributed by atoms with Crippen molar-refractivity contribution in [3.63, 3.8) is 0 Å². The van der Waals surface area contributed by atoms with E-state index in [2.05, 4.69) is 15.8 Å². The molecule has 0 saturated carbocycles. The zero-order chi connectivity index (χ0) is 16.2. The Bertz CT molecular complexity index is 461. The second-order valence-electron chi connectivity index (χ2n) is 6.50. The summed E-state index contributed by atoms with van der Waals surface area (Å²) in [6.45, 7) is 11.9. The first-order chi connectivity index (χ1) is 9.62. The van der Waals surface area contributed by atoms with Gasteiger partial charge in [-0.3, -0.25) is 0 Å². The Morgan fingerprint density at radius 2 is 2.00 bits per heavy atom. The Morgan fingerprint density at radius 3 is 2.48 bits per heavy atom. The lowest BCUT2D eigenvalue weighted by molar-refractivity contribution is 0.128. The summed E-state index contributed by atoms with van der Waals surface area (Å²) in [6, 6.07) is -0.405. The standard InChI is InChI=1S/C15H27N3O3/c1-9(19)7-15(5,6)8-16-14(20)17-10(2)13-11(3)18-21-12(13)4/h9-10,19H,7-8H2,1-6H3,(H2,16,17,20). The van der Waals surface area contributed by atoms with Gasteiger partial charge in [-0.25, -0.2) is 4.79 Å². The third kappa shape index (κ3) is 5.38. The lowest BCUT2D eigenvalue weighted by Gasteiger charge is -2.26. The molecule has 120 valence electrons. The number of rotatable bonds is 6. The zero-order valence-electron chi connectivity index (χ0n) is 13.8. The maximum Gasteiger partial charge on any atom is 0.315 e. The van der Waals surface area contributed by atoms with Gasteiger partial charge >= 0.3 is 6.03 Å². The molecular formula is C15H27N3O3. The van der Waals surface area contributed by atoms with Gasteiger partial charge < -0.3 is 20.3 Å². The summed E-state index contributed by atoms with van der Waals surface area (Å²) in [7, 11) is 0. The summed E-state index contributed by atoms with van der Waals surface area (Å²) >= 11 is 0. The molecule has 1 heterocycles. The van der Waals surface area contributed by atoms with Crippen molar-refractivity contribution in [3.8, 4) is 0 Å². The molecule has 0 fully saturated rings. The lowest BCUT2D eigenvalue weighted by atomic mass is 9.87. The Labute approximate surface area is 126 Å². The highest BCUT2D eigenvalue weighted by Gasteiger charge is 2.22. The molecule has 1 aromatic rings. The van der Waals surface area contributed by atoms with Crippen LogP contribution in [0.5, 0.6) is 0 Å². The Hall–Kier alpha value is -1.56. The van der Waals surface area contributed by atoms with E-state index in [1.807, 2.05) is 34.6 Å². The van der Waals surface area contributed by atoms with Crippen LogP contribution in [0.25, 0.3) is 0 Å². The van der Waals surface area contributed by atoms with Gasteiger partial charge in [0, 0.05) is 12.1 Å². The average molecular weight is 297 g/mol. The van der Waals surface area contributed by atoms with Crippen LogP contribution >= 0.6 is 0 Å². The second-order valence-corrected chi connectivity index (χ2v) is 6.50. The number of amides is 2. The number of nitrogens with one attached hydrogen (secondary N) is 2. The highest BCUT2D eigenvalue weighted by atomic mass is 16.5. The van der Waals surface area contributed by atoms with E-state index in [1.165, 1.54) is 0 Å². The minimum Gasteiger partial charge on any atom is -0.393 e. The first-order valence-electron chi connectivity index (χ1n) is 7.27. The van der Waals surface area contributed by atoms with E-state index in [9.17, 15) is 9.90 Å². The number of aromatic nitrogens is 1. The lowest BCUT2D eigenvalue weighted by Crippen LogP contribution is -2.42. The molecule has 0 radical (unpaired) electrons. The van der Waals surface area contributed by atoms with Crippen LogP contribution in [0.2, 0.25) is 0 Å². The highest BCUT2D eigenvalue weighted by molar-refractivity contribution is 5.74. The molecule has 2 amide bonds. The molecule has 0 aliphatic carbocycles. The summed E-state index contributed by atoms with van der Waals surface area (Å²) in [5.41, 5.74) is 1.54. The Morgan fingerprint density at radius 1 is 1.38 bits per heavy atom. The van der Waals surface area contributed by atoms with Crippen molar-refractivity contribution in [3.05, 3.63) is 17.0 Å². The summed E-state index contributed by atoms with van der Waals surface area (Å²) in [6.07, 6.45) is 0.248. The third-order valence-electron chi connectivity index (χ3n) is 3.44. The first-order valence-corrected chi connectivity index (χ1v) is 7.27. The number of hydrogen-bond acceptors (Lipinski definition) is 4. The summed E-state index contributed by atoms with van der Waals surface area (Å²) < 4.78 is 5.11. The molecular weight excluding hydrogens is 270 g/mol. The fourth-order valence-electron chi connectivity index (χ4n) is 2.62. The molecule has 0 aliphatic heterocycles. The predicted molar refractivity (Wildman–Crippen MR) is 81.0 cm³/mol. The highest BCUT2D eigenvalue weighted by Crippen LogP contribution is 2.22. The van der Waals surface area contributed by atoms with Gasteiger partial charge in [0.2, 0.25) is 0 Å². The SMILES string of the molecule is Cc1noc(C)c1C(C)NC(=O)NCC(C)(C)CC(C)O. The van der Waals surface area contributed by atoms with Gasteiger partial charge in [0.15, 0.2) is 0 Å². The zero-order valence-corrected chi connectivity index (χ0v) is 13.8. The van der Waals surface area contributed by atoms with Gasteiger partial charge in [-0.1, -0.05) is 19.0 Å². The number of aliphatic hydroxyl groups excluding tert-OH is 1. The molecule has 0 aromatic carbocycles.